The average Bonchev–Trinajstić information content (AvgIpc) is 3.37. The average molecular weight is 458 g/mol. The SMILES string of the molecule is CC(C)(C)OC(=O)N1CC[C@@H](Nc2c(N)cnc3c2ccn3S(=O)(=O)c2ccccc2)C1. The molecule has 0 aliphatic carbocycles. The third kappa shape index (κ3) is 4.22. The summed E-state index contributed by atoms with van der Waals surface area (Å²) >= 11 is 0. The maximum Gasteiger partial charge on any atom is 0.410 e. The summed E-state index contributed by atoms with van der Waals surface area (Å²) in [6.45, 7) is 6.52. The Labute approximate surface area is 187 Å². The molecule has 0 bridgehead atoms. The maximum atomic E-state index is 13.1. The smallest absolute Gasteiger partial charge is 0.410 e. The summed E-state index contributed by atoms with van der Waals surface area (Å²) in [5, 5.41) is 3.98. The molecule has 1 amide bonds. The lowest BCUT2D eigenvalue weighted by Gasteiger charge is -2.24. The number of nitrogens with two attached hydrogens (primary N) is 1. The fourth-order valence-corrected chi connectivity index (χ4v) is 5.04. The summed E-state index contributed by atoms with van der Waals surface area (Å²) in [4.78, 5) is 18.5. The van der Waals surface area contributed by atoms with Crippen LogP contribution in [0.25, 0.3) is 11.0 Å². The molecule has 170 valence electrons. The minimum absolute atomic E-state index is 0.0514. The Morgan fingerprint density at radius 1 is 1.22 bits per heavy atom. The first kappa shape index (κ1) is 21.9. The number of ether oxygens (including phenoxy) is 1. The van der Waals surface area contributed by atoms with E-state index in [2.05, 4.69) is 10.3 Å². The van der Waals surface area contributed by atoms with Crippen molar-refractivity contribution in [1.29, 1.82) is 0 Å². The zero-order valence-electron chi connectivity index (χ0n) is 18.3. The summed E-state index contributed by atoms with van der Waals surface area (Å²) in [5.74, 6) is 0. The van der Waals surface area contributed by atoms with E-state index in [0.717, 1.165) is 3.97 Å². The third-order valence-corrected chi connectivity index (χ3v) is 6.88. The van der Waals surface area contributed by atoms with E-state index in [0.29, 0.717) is 36.3 Å². The van der Waals surface area contributed by atoms with Gasteiger partial charge in [-0.25, -0.2) is 22.2 Å². The number of pyridine rings is 1. The Morgan fingerprint density at radius 2 is 1.94 bits per heavy atom. The first-order valence-electron chi connectivity index (χ1n) is 10.4. The highest BCUT2D eigenvalue weighted by molar-refractivity contribution is 7.90. The number of benzene rings is 1. The largest absolute Gasteiger partial charge is 0.444 e. The van der Waals surface area contributed by atoms with E-state index in [9.17, 15) is 13.2 Å². The van der Waals surface area contributed by atoms with Crippen molar-refractivity contribution in [2.45, 2.75) is 43.7 Å². The summed E-state index contributed by atoms with van der Waals surface area (Å²) in [5.41, 5.74) is 6.92. The lowest BCUT2D eigenvalue weighted by molar-refractivity contribution is 0.0293. The van der Waals surface area contributed by atoms with Crippen LogP contribution in [-0.2, 0) is 14.8 Å². The van der Waals surface area contributed by atoms with Gasteiger partial charge < -0.3 is 20.7 Å². The molecule has 1 atom stereocenters. The molecule has 1 aromatic carbocycles. The predicted molar refractivity (Wildman–Crippen MR) is 123 cm³/mol. The molecule has 0 saturated carbocycles. The van der Waals surface area contributed by atoms with Gasteiger partial charge in [-0.2, -0.15) is 0 Å². The van der Waals surface area contributed by atoms with Crippen LogP contribution in [0.15, 0.2) is 53.7 Å². The fourth-order valence-electron chi connectivity index (χ4n) is 3.71. The molecular formula is C22H27N5O4S. The molecule has 10 heteroatoms. The number of likely N-dealkylation sites (tertiary alicyclic amines) is 1. The number of nitrogen functional groups attached to an aromatic ring is 1. The van der Waals surface area contributed by atoms with Crippen LogP contribution < -0.4 is 11.1 Å². The highest BCUT2D eigenvalue weighted by atomic mass is 32.2. The molecule has 1 aliphatic heterocycles. The molecule has 1 fully saturated rings. The first-order valence-corrected chi connectivity index (χ1v) is 11.8. The molecule has 2 aromatic heterocycles. The number of aromatic nitrogens is 2. The number of fused-ring (bicyclic) bond motifs is 1. The van der Waals surface area contributed by atoms with Gasteiger partial charge in [-0.1, -0.05) is 18.2 Å². The second kappa shape index (κ2) is 8.01. The summed E-state index contributed by atoms with van der Waals surface area (Å²) in [6, 6.07) is 9.83. The molecule has 0 radical (unpaired) electrons. The third-order valence-electron chi connectivity index (χ3n) is 5.20. The quantitative estimate of drug-likeness (QED) is 0.617. The molecule has 3 aromatic rings. The number of hydrogen-bond donors (Lipinski definition) is 2. The van der Waals surface area contributed by atoms with Crippen LogP contribution >= 0.6 is 0 Å². The van der Waals surface area contributed by atoms with Crippen LogP contribution in [0.1, 0.15) is 27.2 Å². The van der Waals surface area contributed by atoms with Gasteiger partial charge in [0.05, 0.1) is 22.5 Å². The van der Waals surface area contributed by atoms with Gasteiger partial charge in [0.15, 0.2) is 5.65 Å². The molecule has 32 heavy (non-hydrogen) atoms. The molecule has 0 unspecified atom stereocenters. The van der Waals surface area contributed by atoms with Gasteiger partial charge in [-0.15, -0.1) is 0 Å². The van der Waals surface area contributed by atoms with Crippen LogP contribution in [-0.4, -0.2) is 53.1 Å². The second-order valence-corrected chi connectivity index (χ2v) is 10.6. The maximum absolute atomic E-state index is 13.1. The van der Waals surface area contributed by atoms with E-state index >= 15 is 0 Å². The van der Waals surface area contributed by atoms with Gasteiger partial charge in [-0.05, 0) is 45.4 Å². The van der Waals surface area contributed by atoms with Gasteiger partial charge in [0.2, 0.25) is 0 Å². The number of rotatable bonds is 4. The normalized spacial score (nSPS) is 17.0. The van der Waals surface area contributed by atoms with Crippen molar-refractivity contribution in [2.75, 3.05) is 24.1 Å². The molecule has 1 aliphatic rings. The molecule has 0 spiro atoms. The highest BCUT2D eigenvalue weighted by Crippen LogP contribution is 2.32. The topological polar surface area (TPSA) is 120 Å². The van der Waals surface area contributed by atoms with Crippen LogP contribution in [0, 0.1) is 0 Å². The van der Waals surface area contributed by atoms with Crippen molar-refractivity contribution >= 4 is 38.5 Å². The molecule has 3 heterocycles. The number of nitrogens with one attached hydrogen (secondary N) is 1. The van der Waals surface area contributed by atoms with Crippen molar-refractivity contribution in [3.63, 3.8) is 0 Å². The van der Waals surface area contributed by atoms with Crippen molar-refractivity contribution in [1.82, 2.24) is 13.9 Å². The number of carbonyl (C=O) groups excluding carboxylic acids is 1. The van der Waals surface area contributed by atoms with Crippen molar-refractivity contribution < 1.29 is 17.9 Å². The fraction of sp³-hybridized carbons (Fsp3) is 0.364. The monoisotopic (exact) mass is 457 g/mol. The number of nitrogens with zero attached hydrogens (tertiary/aromatic N) is 3. The highest BCUT2D eigenvalue weighted by Gasteiger charge is 2.30. The minimum atomic E-state index is -3.80. The van der Waals surface area contributed by atoms with Crippen LogP contribution in [0.4, 0.5) is 16.2 Å². The van der Waals surface area contributed by atoms with Gasteiger partial charge in [0.1, 0.15) is 5.60 Å². The lowest BCUT2D eigenvalue weighted by Crippen LogP contribution is -2.36. The van der Waals surface area contributed by atoms with E-state index in [1.54, 1.807) is 41.3 Å². The molecule has 9 nitrogen and oxygen atoms in total. The summed E-state index contributed by atoms with van der Waals surface area (Å²) in [6.07, 6.45) is 3.29. The summed E-state index contributed by atoms with van der Waals surface area (Å²) in [7, 11) is -3.80. The zero-order chi connectivity index (χ0) is 23.1. The Bertz CT molecular complexity index is 1250. The van der Waals surface area contributed by atoms with E-state index in [4.69, 9.17) is 10.5 Å². The molecule has 3 N–H and O–H groups in total. The molecular weight excluding hydrogens is 430 g/mol. The first-order chi connectivity index (χ1) is 15.1. The van der Waals surface area contributed by atoms with Crippen molar-refractivity contribution in [3.05, 3.63) is 48.8 Å². The number of amides is 1. The van der Waals surface area contributed by atoms with Crippen LogP contribution in [0.3, 0.4) is 0 Å². The van der Waals surface area contributed by atoms with Crippen LogP contribution in [0.5, 0.6) is 0 Å². The van der Waals surface area contributed by atoms with E-state index in [-0.39, 0.29) is 22.7 Å². The lowest BCUT2D eigenvalue weighted by atomic mass is 10.2. The Morgan fingerprint density at radius 3 is 2.62 bits per heavy atom. The number of carbonyl (C=O) groups is 1. The van der Waals surface area contributed by atoms with E-state index in [1.807, 2.05) is 20.8 Å². The van der Waals surface area contributed by atoms with Gasteiger partial charge >= 0.3 is 6.09 Å². The minimum Gasteiger partial charge on any atom is -0.444 e. The van der Waals surface area contributed by atoms with Crippen molar-refractivity contribution in [2.24, 2.45) is 0 Å². The van der Waals surface area contributed by atoms with Crippen molar-refractivity contribution in [3.8, 4) is 0 Å². The Kier molecular flexibility index (Phi) is 5.49. The van der Waals surface area contributed by atoms with E-state index < -0.39 is 15.6 Å². The number of anilines is 2. The van der Waals surface area contributed by atoms with E-state index in [1.165, 1.54) is 12.4 Å². The Hall–Kier alpha value is -3.27. The van der Waals surface area contributed by atoms with Crippen LogP contribution in [0.2, 0.25) is 0 Å². The molecule has 1 saturated heterocycles. The number of hydrogen-bond acceptors (Lipinski definition) is 7. The predicted octanol–water partition coefficient (Wildman–Crippen LogP) is 3.28. The zero-order valence-corrected chi connectivity index (χ0v) is 19.1. The summed E-state index contributed by atoms with van der Waals surface area (Å²) < 4.78 is 32.8. The standard InChI is InChI=1S/C22H27N5O4S/c1-22(2,3)31-21(28)26-11-9-15(14-26)25-19-17-10-12-27(20(17)24-13-18(19)23)32(29,30)16-7-5-4-6-8-16/h4-8,10,12-13,15H,9,11,14,23H2,1-3H3,(H,24,25)/t15-/m1/s1. The Balaban J connectivity index is 1.60. The molecule has 4 rings (SSSR count). The van der Waals surface area contributed by atoms with Gasteiger partial charge in [-0.3, -0.25) is 0 Å². The second-order valence-electron chi connectivity index (χ2n) is 8.81. The van der Waals surface area contributed by atoms with Gasteiger partial charge in [0.25, 0.3) is 10.0 Å². The van der Waals surface area contributed by atoms with Gasteiger partial charge in [0, 0.05) is 30.7 Å².